The van der Waals surface area contributed by atoms with E-state index in [1.54, 1.807) is 0 Å². The van der Waals surface area contributed by atoms with Gasteiger partial charge in [0.2, 0.25) is 0 Å². The minimum atomic E-state index is -0.0907. The molecular weight excluding hydrogens is 212 g/mol. The van der Waals surface area contributed by atoms with Gasteiger partial charge < -0.3 is 15.0 Å². The number of likely N-dealkylation sites (tertiary alicyclic amines) is 1. The second-order valence-corrected chi connectivity index (χ2v) is 5.68. The molecule has 0 aromatic rings. The lowest BCUT2D eigenvalue weighted by Crippen LogP contribution is -2.55. The number of ether oxygens (including phenoxy) is 1. The van der Waals surface area contributed by atoms with Crippen molar-refractivity contribution in [1.82, 2.24) is 10.2 Å². The van der Waals surface area contributed by atoms with E-state index >= 15 is 0 Å². The highest BCUT2D eigenvalue weighted by Crippen LogP contribution is 2.17. The maximum absolute atomic E-state index is 5.65. The smallest absolute Gasteiger partial charge is 0.0787 e. The van der Waals surface area contributed by atoms with Gasteiger partial charge in [-0.1, -0.05) is 13.3 Å². The minimum Gasteiger partial charge on any atom is -0.377 e. The highest BCUT2D eigenvalue weighted by Gasteiger charge is 2.30. The predicted molar refractivity (Wildman–Crippen MR) is 73.5 cm³/mol. The lowest BCUT2D eigenvalue weighted by atomic mass is 9.96. The molecule has 1 unspecified atom stereocenters. The van der Waals surface area contributed by atoms with Gasteiger partial charge >= 0.3 is 0 Å². The van der Waals surface area contributed by atoms with E-state index in [9.17, 15) is 0 Å². The summed E-state index contributed by atoms with van der Waals surface area (Å²) in [4.78, 5) is 2.58. The van der Waals surface area contributed by atoms with Gasteiger partial charge in [-0.3, -0.25) is 0 Å². The van der Waals surface area contributed by atoms with Crippen LogP contribution in [0, 0.1) is 0 Å². The number of piperidine rings is 1. The van der Waals surface area contributed by atoms with Gasteiger partial charge in [0.15, 0.2) is 0 Å². The van der Waals surface area contributed by atoms with Crippen LogP contribution >= 0.6 is 0 Å². The van der Waals surface area contributed by atoms with Crippen molar-refractivity contribution in [2.45, 2.75) is 58.1 Å². The molecule has 0 saturated carbocycles. The monoisotopic (exact) mass is 242 g/mol. The lowest BCUT2D eigenvalue weighted by molar-refractivity contribution is -0.0212. The topological polar surface area (TPSA) is 24.5 Å². The predicted octanol–water partition coefficient (Wildman–Crippen LogP) is 2.27. The summed E-state index contributed by atoms with van der Waals surface area (Å²) < 4.78 is 5.65. The van der Waals surface area contributed by atoms with Crippen molar-refractivity contribution in [2.24, 2.45) is 0 Å². The minimum absolute atomic E-state index is 0.0907. The van der Waals surface area contributed by atoms with Crippen LogP contribution in [0.5, 0.6) is 0 Å². The molecule has 1 fully saturated rings. The number of methoxy groups -OCH3 is 1. The number of hydrogen-bond acceptors (Lipinski definition) is 3. The average Bonchev–Trinajstić information content (AvgIpc) is 2.35. The SMILES string of the molecule is CCCNC(CN1CCCCC1)C(C)(C)OC. The quantitative estimate of drug-likeness (QED) is 0.741. The maximum Gasteiger partial charge on any atom is 0.0787 e. The van der Waals surface area contributed by atoms with Gasteiger partial charge in [0.25, 0.3) is 0 Å². The van der Waals surface area contributed by atoms with Crippen LogP contribution < -0.4 is 5.32 Å². The Morgan fingerprint density at radius 2 is 1.88 bits per heavy atom. The number of nitrogens with one attached hydrogen (secondary N) is 1. The van der Waals surface area contributed by atoms with E-state index in [-0.39, 0.29) is 5.60 Å². The Morgan fingerprint density at radius 1 is 1.24 bits per heavy atom. The first kappa shape index (κ1) is 14.9. The first-order valence-corrected chi connectivity index (χ1v) is 7.11. The van der Waals surface area contributed by atoms with Crippen LogP contribution in [0.1, 0.15) is 46.5 Å². The molecule has 0 amide bonds. The highest BCUT2D eigenvalue weighted by molar-refractivity contribution is 4.88. The average molecular weight is 242 g/mol. The molecule has 1 aliphatic rings. The molecule has 17 heavy (non-hydrogen) atoms. The van der Waals surface area contributed by atoms with Crippen LogP contribution in [-0.4, -0.2) is 49.8 Å². The van der Waals surface area contributed by atoms with Crippen LogP contribution in [-0.2, 0) is 4.74 Å². The molecule has 0 spiro atoms. The van der Waals surface area contributed by atoms with E-state index in [1.807, 2.05) is 7.11 Å². The van der Waals surface area contributed by atoms with Crippen molar-refractivity contribution < 1.29 is 4.74 Å². The summed E-state index contributed by atoms with van der Waals surface area (Å²) in [5.41, 5.74) is -0.0907. The largest absolute Gasteiger partial charge is 0.377 e. The Hall–Kier alpha value is -0.120. The third-order valence-corrected chi connectivity index (χ3v) is 3.90. The molecule has 1 aliphatic heterocycles. The van der Waals surface area contributed by atoms with E-state index < -0.39 is 0 Å². The second kappa shape index (κ2) is 7.34. The third kappa shape index (κ3) is 4.94. The summed E-state index contributed by atoms with van der Waals surface area (Å²) in [6.07, 6.45) is 5.29. The van der Waals surface area contributed by atoms with Crippen LogP contribution in [0.15, 0.2) is 0 Å². The molecule has 0 bridgehead atoms. The van der Waals surface area contributed by atoms with E-state index in [2.05, 4.69) is 31.0 Å². The van der Waals surface area contributed by atoms with Crippen molar-refractivity contribution in [1.29, 1.82) is 0 Å². The molecule has 1 N–H and O–H groups in total. The Labute approximate surface area is 107 Å². The van der Waals surface area contributed by atoms with Gasteiger partial charge in [0.1, 0.15) is 0 Å². The summed E-state index contributed by atoms with van der Waals surface area (Å²) in [7, 11) is 1.82. The van der Waals surface area contributed by atoms with Crippen molar-refractivity contribution >= 4 is 0 Å². The van der Waals surface area contributed by atoms with Gasteiger partial charge in [-0.2, -0.15) is 0 Å². The Balaban J connectivity index is 2.49. The zero-order valence-corrected chi connectivity index (χ0v) is 12.1. The molecule has 1 rings (SSSR count). The summed E-state index contributed by atoms with van der Waals surface area (Å²) in [5.74, 6) is 0. The standard InChI is InChI=1S/C14H30N2O/c1-5-9-15-13(14(2,3)17-4)12-16-10-7-6-8-11-16/h13,15H,5-12H2,1-4H3. The molecule has 0 radical (unpaired) electrons. The molecule has 1 atom stereocenters. The van der Waals surface area contributed by atoms with Crippen LogP contribution in [0.3, 0.4) is 0 Å². The first-order valence-electron chi connectivity index (χ1n) is 7.11. The van der Waals surface area contributed by atoms with Gasteiger partial charge in [0.05, 0.1) is 5.60 Å². The second-order valence-electron chi connectivity index (χ2n) is 5.68. The zero-order chi connectivity index (χ0) is 12.7. The number of hydrogen-bond donors (Lipinski definition) is 1. The normalized spacial score (nSPS) is 20.5. The summed E-state index contributed by atoms with van der Waals surface area (Å²) in [5, 5.41) is 3.64. The molecule has 1 saturated heterocycles. The van der Waals surface area contributed by atoms with Crippen molar-refractivity contribution in [3.05, 3.63) is 0 Å². The van der Waals surface area contributed by atoms with Crippen molar-refractivity contribution in [2.75, 3.05) is 33.3 Å². The van der Waals surface area contributed by atoms with E-state index in [4.69, 9.17) is 4.74 Å². The van der Waals surface area contributed by atoms with Gasteiger partial charge in [0, 0.05) is 19.7 Å². The number of nitrogens with zero attached hydrogens (tertiary/aromatic N) is 1. The molecule has 0 aromatic heterocycles. The Bertz CT molecular complexity index is 200. The first-order chi connectivity index (χ1) is 8.10. The molecule has 3 heteroatoms. The Kier molecular flexibility index (Phi) is 6.45. The Morgan fingerprint density at radius 3 is 2.41 bits per heavy atom. The van der Waals surface area contributed by atoms with Gasteiger partial charge in [-0.25, -0.2) is 0 Å². The van der Waals surface area contributed by atoms with Gasteiger partial charge in [-0.15, -0.1) is 0 Å². The summed E-state index contributed by atoms with van der Waals surface area (Å²) >= 11 is 0. The van der Waals surface area contributed by atoms with E-state index in [0.29, 0.717) is 6.04 Å². The molecular formula is C14H30N2O. The van der Waals surface area contributed by atoms with Gasteiger partial charge in [-0.05, 0) is 52.7 Å². The lowest BCUT2D eigenvalue weighted by Gasteiger charge is -2.38. The van der Waals surface area contributed by atoms with Crippen LogP contribution in [0.2, 0.25) is 0 Å². The summed E-state index contributed by atoms with van der Waals surface area (Å²) in [6, 6.07) is 0.422. The van der Waals surface area contributed by atoms with Crippen LogP contribution in [0.25, 0.3) is 0 Å². The summed E-state index contributed by atoms with van der Waals surface area (Å²) in [6.45, 7) is 11.3. The van der Waals surface area contributed by atoms with E-state index in [0.717, 1.165) is 13.1 Å². The molecule has 0 aromatic carbocycles. The van der Waals surface area contributed by atoms with Crippen molar-refractivity contribution in [3.8, 4) is 0 Å². The molecule has 0 aliphatic carbocycles. The van der Waals surface area contributed by atoms with E-state index in [1.165, 1.54) is 38.8 Å². The fraction of sp³-hybridized carbons (Fsp3) is 1.00. The van der Waals surface area contributed by atoms with Crippen molar-refractivity contribution in [3.63, 3.8) is 0 Å². The molecule has 3 nitrogen and oxygen atoms in total. The van der Waals surface area contributed by atoms with Crippen LogP contribution in [0.4, 0.5) is 0 Å². The fourth-order valence-corrected chi connectivity index (χ4v) is 2.39. The maximum atomic E-state index is 5.65. The third-order valence-electron chi connectivity index (χ3n) is 3.90. The molecule has 1 heterocycles. The number of rotatable bonds is 7. The highest BCUT2D eigenvalue weighted by atomic mass is 16.5. The molecule has 102 valence electrons. The zero-order valence-electron chi connectivity index (χ0n) is 12.1. The fourth-order valence-electron chi connectivity index (χ4n) is 2.39.